The molecule has 0 saturated heterocycles. The van der Waals surface area contributed by atoms with Crippen molar-refractivity contribution in [3.63, 3.8) is 0 Å². The third kappa shape index (κ3) is 8.10. The lowest BCUT2D eigenvalue weighted by atomic mass is 10.2. The molecule has 0 aliphatic carbocycles. The summed E-state index contributed by atoms with van der Waals surface area (Å²) in [4.78, 5) is 11.2. The number of halogens is 1. The number of carbonyl (C=O) groups is 1. The van der Waals surface area contributed by atoms with E-state index in [0.29, 0.717) is 6.42 Å². The highest BCUT2D eigenvalue weighted by atomic mass is 19.1. The summed E-state index contributed by atoms with van der Waals surface area (Å²) in [5.41, 5.74) is 0. The summed E-state index contributed by atoms with van der Waals surface area (Å²) in [5.74, 6) is -1.11. The van der Waals surface area contributed by atoms with Crippen molar-refractivity contribution in [1.29, 1.82) is 0 Å². The van der Waals surface area contributed by atoms with Gasteiger partial charge in [-0.15, -0.1) is 0 Å². The Bertz CT molecular complexity index is 229. The van der Waals surface area contributed by atoms with Gasteiger partial charge in [0.05, 0.1) is 0 Å². The molecule has 0 radical (unpaired) electrons. The number of hydrogen-bond donors (Lipinski definition) is 0. The fraction of sp³-hybridized carbons (Fsp3) is 0.615. The van der Waals surface area contributed by atoms with Crippen LogP contribution >= 0.6 is 0 Å². The van der Waals surface area contributed by atoms with Gasteiger partial charge in [0.25, 0.3) is 0 Å². The number of unbranched alkanes of at least 4 members (excludes halogenated alkanes) is 4. The molecule has 0 saturated carbocycles. The van der Waals surface area contributed by atoms with Crippen molar-refractivity contribution < 1.29 is 9.18 Å². The Balaban J connectivity index is 3.87. The molecule has 1 nitrogen and oxygen atoms in total. The van der Waals surface area contributed by atoms with Gasteiger partial charge in [-0.1, -0.05) is 39.2 Å². The minimum Gasteiger partial charge on any atom is -0.287 e. The van der Waals surface area contributed by atoms with E-state index in [4.69, 9.17) is 0 Å². The zero-order valence-electron chi connectivity index (χ0n) is 9.76. The average molecular weight is 212 g/mol. The van der Waals surface area contributed by atoms with E-state index in [1.807, 2.05) is 6.92 Å². The van der Waals surface area contributed by atoms with Crippen molar-refractivity contribution in [1.82, 2.24) is 0 Å². The number of rotatable bonds is 8. The molecule has 0 bridgehead atoms. The van der Waals surface area contributed by atoms with Gasteiger partial charge in [0.15, 0.2) is 5.83 Å². The van der Waals surface area contributed by atoms with E-state index in [-0.39, 0.29) is 0 Å². The van der Waals surface area contributed by atoms with Crippen LogP contribution in [-0.4, -0.2) is 5.78 Å². The molecule has 0 unspecified atom stereocenters. The maximum atomic E-state index is 13.1. The van der Waals surface area contributed by atoms with E-state index in [9.17, 15) is 9.18 Å². The third-order valence-corrected chi connectivity index (χ3v) is 2.11. The van der Waals surface area contributed by atoms with Gasteiger partial charge in [-0.3, -0.25) is 4.79 Å². The van der Waals surface area contributed by atoms with Crippen LogP contribution in [0, 0.1) is 0 Å². The zero-order chi connectivity index (χ0) is 11.5. The van der Waals surface area contributed by atoms with Gasteiger partial charge in [-0.25, -0.2) is 4.39 Å². The third-order valence-electron chi connectivity index (χ3n) is 2.11. The van der Waals surface area contributed by atoms with E-state index in [1.54, 1.807) is 6.08 Å². The lowest BCUT2D eigenvalue weighted by Crippen LogP contribution is -1.92. The predicted molar refractivity (Wildman–Crippen MR) is 62.4 cm³/mol. The Morgan fingerprint density at radius 1 is 1.13 bits per heavy atom. The molecule has 0 aliphatic rings. The monoisotopic (exact) mass is 212 g/mol. The Morgan fingerprint density at radius 2 is 1.73 bits per heavy atom. The van der Waals surface area contributed by atoms with Gasteiger partial charge >= 0.3 is 0 Å². The second-order valence-electron chi connectivity index (χ2n) is 3.60. The highest BCUT2D eigenvalue weighted by Crippen LogP contribution is 2.05. The molecule has 0 aromatic carbocycles. The van der Waals surface area contributed by atoms with Crippen LogP contribution in [0.25, 0.3) is 0 Å². The van der Waals surface area contributed by atoms with Crippen molar-refractivity contribution >= 4 is 5.78 Å². The predicted octanol–water partition coefficient (Wildman–Crippen LogP) is 4.35. The van der Waals surface area contributed by atoms with Crippen LogP contribution in [0.1, 0.15) is 52.4 Å². The molecule has 0 aromatic heterocycles. The van der Waals surface area contributed by atoms with E-state index < -0.39 is 11.6 Å². The first-order chi connectivity index (χ1) is 7.22. The lowest BCUT2D eigenvalue weighted by Gasteiger charge is -1.92. The maximum Gasteiger partial charge on any atom is 0.213 e. The molecule has 0 N–H and O–H groups in total. The van der Waals surface area contributed by atoms with E-state index in [1.165, 1.54) is 12.2 Å². The molecule has 0 heterocycles. The SMILES string of the molecule is CCCCC=CC(=O)C(F)=CCCCC. The highest BCUT2D eigenvalue weighted by Gasteiger charge is 2.02. The summed E-state index contributed by atoms with van der Waals surface area (Å²) in [7, 11) is 0. The summed E-state index contributed by atoms with van der Waals surface area (Å²) in [6, 6.07) is 0. The lowest BCUT2D eigenvalue weighted by molar-refractivity contribution is -0.112. The van der Waals surface area contributed by atoms with Gasteiger partial charge in [0.1, 0.15) is 0 Å². The zero-order valence-corrected chi connectivity index (χ0v) is 9.76. The Hall–Kier alpha value is -0.920. The normalized spacial score (nSPS) is 12.3. The number of carbonyl (C=O) groups excluding carboxylic acids is 1. The van der Waals surface area contributed by atoms with Crippen LogP contribution in [-0.2, 0) is 4.79 Å². The number of ketones is 1. The molecule has 0 rings (SSSR count). The first-order valence-electron chi connectivity index (χ1n) is 5.78. The van der Waals surface area contributed by atoms with Gasteiger partial charge in [-0.2, -0.15) is 0 Å². The standard InChI is InChI=1S/C13H21FO/c1-3-5-7-9-11-13(15)12(14)10-8-6-4-2/h9-11H,3-8H2,1-2H3. The summed E-state index contributed by atoms with van der Waals surface area (Å²) < 4.78 is 13.1. The molecule has 15 heavy (non-hydrogen) atoms. The summed E-state index contributed by atoms with van der Waals surface area (Å²) >= 11 is 0. The van der Waals surface area contributed by atoms with Crippen LogP contribution in [0.5, 0.6) is 0 Å². The summed E-state index contributed by atoms with van der Waals surface area (Å²) in [6.07, 6.45) is 10.1. The topological polar surface area (TPSA) is 17.1 Å². The number of allylic oxidation sites excluding steroid dienone is 4. The molecule has 0 aromatic rings. The van der Waals surface area contributed by atoms with Crippen molar-refractivity contribution in [2.75, 3.05) is 0 Å². The molecule has 0 fully saturated rings. The molecule has 0 amide bonds. The van der Waals surface area contributed by atoms with Crippen LogP contribution in [0.4, 0.5) is 4.39 Å². The highest BCUT2D eigenvalue weighted by molar-refractivity contribution is 6.02. The molecular weight excluding hydrogens is 191 g/mol. The van der Waals surface area contributed by atoms with Crippen molar-refractivity contribution in [2.24, 2.45) is 0 Å². The fourth-order valence-corrected chi connectivity index (χ4v) is 1.13. The van der Waals surface area contributed by atoms with Crippen molar-refractivity contribution in [3.8, 4) is 0 Å². The molecular formula is C13H21FO. The summed E-state index contributed by atoms with van der Waals surface area (Å²) in [5, 5.41) is 0. The second kappa shape index (κ2) is 9.63. The first kappa shape index (κ1) is 14.1. The largest absolute Gasteiger partial charge is 0.287 e. The fourth-order valence-electron chi connectivity index (χ4n) is 1.13. The molecule has 2 heteroatoms. The van der Waals surface area contributed by atoms with Gasteiger partial charge in [0.2, 0.25) is 5.78 Å². The van der Waals surface area contributed by atoms with Crippen molar-refractivity contribution in [2.45, 2.75) is 52.4 Å². The minimum atomic E-state index is -0.615. The number of hydrogen-bond acceptors (Lipinski definition) is 1. The molecule has 0 atom stereocenters. The average Bonchev–Trinajstić information content (AvgIpc) is 2.24. The second-order valence-corrected chi connectivity index (χ2v) is 3.60. The van der Waals surface area contributed by atoms with E-state index in [2.05, 4.69) is 6.92 Å². The van der Waals surface area contributed by atoms with E-state index >= 15 is 0 Å². The summed E-state index contributed by atoms with van der Waals surface area (Å²) in [6.45, 7) is 4.12. The van der Waals surface area contributed by atoms with Crippen LogP contribution in [0.3, 0.4) is 0 Å². The van der Waals surface area contributed by atoms with Crippen LogP contribution in [0.2, 0.25) is 0 Å². The Labute approximate surface area is 92.1 Å². The maximum absolute atomic E-state index is 13.1. The smallest absolute Gasteiger partial charge is 0.213 e. The Kier molecular flexibility index (Phi) is 9.04. The van der Waals surface area contributed by atoms with Crippen molar-refractivity contribution in [3.05, 3.63) is 24.1 Å². The van der Waals surface area contributed by atoms with E-state index in [0.717, 1.165) is 32.1 Å². The Morgan fingerprint density at radius 3 is 2.33 bits per heavy atom. The molecule has 86 valence electrons. The van der Waals surface area contributed by atoms with Gasteiger partial charge < -0.3 is 0 Å². The molecule has 0 spiro atoms. The van der Waals surface area contributed by atoms with Gasteiger partial charge in [0, 0.05) is 0 Å². The van der Waals surface area contributed by atoms with Crippen LogP contribution < -0.4 is 0 Å². The first-order valence-corrected chi connectivity index (χ1v) is 5.78. The van der Waals surface area contributed by atoms with Gasteiger partial charge in [-0.05, 0) is 31.4 Å². The minimum absolute atomic E-state index is 0.498. The quantitative estimate of drug-likeness (QED) is 0.432. The molecule has 0 aliphatic heterocycles. The van der Waals surface area contributed by atoms with Crippen LogP contribution in [0.15, 0.2) is 24.1 Å².